The van der Waals surface area contributed by atoms with E-state index in [1.165, 1.54) is 6.20 Å². The molecule has 7 nitrogen and oxygen atoms in total. The molecular formula is C11H15N5O2. The molecule has 1 atom stereocenters. The van der Waals surface area contributed by atoms with Crippen LogP contribution in [0, 0.1) is 0 Å². The van der Waals surface area contributed by atoms with E-state index in [0.717, 1.165) is 6.42 Å². The van der Waals surface area contributed by atoms with Gasteiger partial charge in [0.05, 0.1) is 11.9 Å². The van der Waals surface area contributed by atoms with E-state index in [9.17, 15) is 9.59 Å². The van der Waals surface area contributed by atoms with Gasteiger partial charge in [-0.15, -0.1) is 0 Å². The lowest BCUT2D eigenvalue weighted by atomic mass is 10.1. The van der Waals surface area contributed by atoms with Gasteiger partial charge in [0.2, 0.25) is 5.91 Å². The smallest absolute Gasteiger partial charge is 0.274 e. The Balaban J connectivity index is 1.74. The van der Waals surface area contributed by atoms with Crippen molar-refractivity contribution >= 4 is 17.5 Å². The fourth-order valence-corrected chi connectivity index (χ4v) is 2.67. The Morgan fingerprint density at radius 2 is 2.33 bits per heavy atom. The average molecular weight is 249 g/mol. The van der Waals surface area contributed by atoms with E-state index in [1.54, 1.807) is 4.90 Å². The fraction of sp³-hybridized carbons (Fsp3) is 0.545. The lowest BCUT2D eigenvalue weighted by Gasteiger charge is -2.37. The lowest BCUT2D eigenvalue weighted by Crippen LogP contribution is -2.53. The van der Waals surface area contributed by atoms with Crippen LogP contribution in [0.3, 0.4) is 0 Å². The summed E-state index contributed by atoms with van der Waals surface area (Å²) in [7, 11) is 0. The number of H-pyrrole nitrogens is 1. The Morgan fingerprint density at radius 3 is 3.06 bits per heavy atom. The summed E-state index contributed by atoms with van der Waals surface area (Å²) in [5.74, 6) is 0.0668. The number of nitrogens with two attached hydrogens (primary N) is 1. The third kappa shape index (κ3) is 1.62. The molecule has 18 heavy (non-hydrogen) atoms. The molecule has 0 aliphatic carbocycles. The molecule has 0 aromatic carbocycles. The number of nitrogens with one attached hydrogen (secondary N) is 1. The second-order valence-electron chi connectivity index (χ2n) is 4.73. The number of carbonyl (C=O) groups excluding carboxylic acids is 2. The molecule has 3 heterocycles. The number of nitrogen functional groups attached to an aromatic ring is 1. The molecule has 2 amide bonds. The first kappa shape index (κ1) is 11.1. The van der Waals surface area contributed by atoms with Crippen molar-refractivity contribution in [3.05, 3.63) is 11.9 Å². The normalized spacial score (nSPS) is 23.3. The van der Waals surface area contributed by atoms with Crippen LogP contribution in [0.1, 0.15) is 23.3 Å². The number of piperazine rings is 1. The largest absolute Gasteiger partial charge is 0.396 e. The fourth-order valence-electron chi connectivity index (χ4n) is 2.67. The van der Waals surface area contributed by atoms with Gasteiger partial charge in [-0.1, -0.05) is 0 Å². The van der Waals surface area contributed by atoms with Crippen LogP contribution in [0.15, 0.2) is 6.20 Å². The standard InChI is InChI=1S/C11H15N5O2/c12-8-5-13-14-10(8)11(18)15-3-4-16-7(6-15)1-2-9(16)17/h5,7H,1-4,6,12H2,(H,13,14). The van der Waals surface area contributed by atoms with E-state index in [2.05, 4.69) is 10.2 Å². The molecule has 2 fully saturated rings. The topological polar surface area (TPSA) is 95.3 Å². The minimum Gasteiger partial charge on any atom is -0.396 e. The van der Waals surface area contributed by atoms with E-state index in [1.807, 2.05) is 4.90 Å². The first-order valence-corrected chi connectivity index (χ1v) is 6.04. The van der Waals surface area contributed by atoms with E-state index >= 15 is 0 Å². The molecule has 3 rings (SSSR count). The summed E-state index contributed by atoms with van der Waals surface area (Å²) in [5, 5.41) is 6.38. The van der Waals surface area contributed by atoms with Crippen LogP contribution in [0.5, 0.6) is 0 Å². The molecule has 0 radical (unpaired) electrons. The maximum atomic E-state index is 12.2. The van der Waals surface area contributed by atoms with Crippen molar-refractivity contribution in [2.75, 3.05) is 25.4 Å². The van der Waals surface area contributed by atoms with Gasteiger partial charge in [-0.3, -0.25) is 14.7 Å². The molecule has 2 aliphatic heterocycles. The third-order valence-electron chi connectivity index (χ3n) is 3.66. The molecule has 0 bridgehead atoms. The summed E-state index contributed by atoms with van der Waals surface area (Å²) in [4.78, 5) is 27.4. The van der Waals surface area contributed by atoms with E-state index in [-0.39, 0.29) is 17.9 Å². The molecule has 0 spiro atoms. The maximum absolute atomic E-state index is 12.2. The van der Waals surface area contributed by atoms with E-state index < -0.39 is 0 Å². The maximum Gasteiger partial charge on any atom is 0.274 e. The molecule has 7 heteroatoms. The monoisotopic (exact) mass is 249 g/mol. The number of anilines is 1. The summed E-state index contributed by atoms with van der Waals surface area (Å²) in [6.45, 7) is 1.76. The number of rotatable bonds is 1. The Labute approximate surface area is 104 Å². The number of aromatic nitrogens is 2. The van der Waals surface area contributed by atoms with Crippen molar-refractivity contribution in [1.29, 1.82) is 0 Å². The SMILES string of the molecule is Nc1cn[nH]c1C(=O)N1CCN2C(=O)CCC2C1. The molecule has 1 unspecified atom stereocenters. The highest BCUT2D eigenvalue weighted by Crippen LogP contribution is 2.24. The number of fused-ring (bicyclic) bond motifs is 1. The molecular weight excluding hydrogens is 234 g/mol. The van der Waals surface area contributed by atoms with Gasteiger partial charge in [0.1, 0.15) is 5.69 Å². The van der Waals surface area contributed by atoms with Gasteiger partial charge >= 0.3 is 0 Å². The molecule has 0 saturated carbocycles. The zero-order chi connectivity index (χ0) is 12.7. The highest BCUT2D eigenvalue weighted by atomic mass is 16.2. The highest BCUT2D eigenvalue weighted by Gasteiger charge is 2.37. The second-order valence-corrected chi connectivity index (χ2v) is 4.73. The first-order chi connectivity index (χ1) is 8.66. The lowest BCUT2D eigenvalue weighted by molar-refractivity contribution is -0.130. The van der Waals surface area contributed by atoms with Crippen molar-refractivity contribution in [3.8, 4) is 0 Å². The van der Waals surface area contributed by atoms with Gasteiger partial charge in [-0.05, 0) is 6.42 Å². The average Bonchev–Trinajstić information content (AvgIpc) is 2.95. The molecule has 2 aliphatic rings. The van der Waals surface area contributed by atoms with Crippen LogP contribution in [0.2, 0.25) is 0 Å². The minimum absolute atomic E-state index is 0.135. The van der Waals surface area contributed by atoms with Crippen LogP contribution < -0.4 is 5.73 Å². The van der Waals surface area contributed by atoms with Gasteiger partial charge in [0.25, 0.3) is 5.91 Å². The second kappa shape index (κ2) is 4.01. The number of hydrogen-bond acceptors (Lipinski definition) is 4. The Hall–Kier alpha value is -2.05. The zero-order valence-corrected chi connectivity index (χ0v) is 9.93. The van der Waals surface area contributed by atoms with Crippen LogP contribution in [-0.2, 0) is 4.79 Å². The molecule has 2 saturated heterocycles. The van der Waals surface area contributed by atoms with E-state index in [4.69, 9.17) is 5.73 Å². The third-order valence-corrected chi connectivity index (χ3v) is 3.66. The summed E-state index contributed by atoms with van der Waals surface area (Å²) < 4.78 is 0. The Bertz CT molecular complexity index is 497. The molecule has 96 valence electrons. The van der Waals surface area contributed by atoms with Crippen LogP contribution >= 0.6 is 0 Å². The van der Waals surface area contributed by atoms with Gasteiger partial charge in [-0.2, -0.15) is 5.10 Å². The molecule has 1 aromatic heterocycles. The van der Waals surface area contributed by atoms with Crippen molar-refractivity contribution in [1.82, 2.24) is 20.0 Å². The van der Waals surface area contributed by atoms with Crippen molar-refractivity contribution in [2.45, 2.75) is 18.9 Å². The van der Waals surface area contributed by atoms with Crippen molar-refractivity contribution in [2.24, 2.45) is 0 Å². The summed E-state index contributed by atoms with van der Waals surface area (Å²) in [5.41, 5.74) is 6.38. The first-order valence-electron chi connectivity index (χ1n) is 6.04. The van der Waals surface area contributed by atoms with Crippen molar-refractivity contribution in [3.63, 3.8) is 0 Å². The van der Waals surface area contributed by atoms with Gasteiger partial charge in [-0.25, -0.2) is 0 Å². The van der Waals surface area contributed by atoms with Crippen LogP contribution in [-0.4, -0.2) is 57.5 Å². The minimum atomic E-state index is -0.135. The predicted molar refractivity (Wildman–Crippen MR) is 63.6 cm³/mol. The summed E-state index contributed by atoms with van der Waals surface area (Å²) in [6.07, 6.45) is 2.86. The van der Waals surface area contributed by atoms with Gasteiger partial charge in [0, 0.05) is 32.1 Å². The number of hydrogen-bond donors (Lipinski definition) is 2. The number of aromatic amines is 1. The Morgan fingerprint density at radius 1 is 1.50 bits per heavy atom. The molecule has 3 N–H and O–H groups in total. The van der Waals surface area contributed by atoms with Gasteiger partial charge < -0.3 is 15.5 Å². The molecule has 1 aromatic rings. The number of amides is 2. The Kier molecular flexibility index (Phi) is 2.46. The van der Waals surface area contributed by atoms with Crippen LogP contribution in [0.4, 0.5) is 5.69 Å². The van der Waals surface area contributed by atoms with E-state index in [0.29, 0.717) is 37.4 Å². The number of carbonyl (C=O) groups is 2. The quantitative estimate of drug-likeness (QED) is 0.697. The number of nitrogens with zero attached hydrogens (tertiary/aromatic N) is 3. The summed E-state index contributed by atoms with van der Waals surface area (Å²) >= 11 is 0. The van der Waals surface area contributed by atoms with Crippen molar-refractivity contribution < 1.29 is 9.59 Å². The highest BCUT2D eigenvalue weighted by molar-refractivity contribution is 5.97. The predicted octanol–water partition coefficient (Wildman–Crippen LogP) is -0.561. The van der Waals surface area contributed by atoms with Gasteiger partial charge in [0.15, 0.2) is 0 Å². The zero-order valence-electron chi connectivity index (χ0n) is 9.93. The van der Waals surface area contributed by atoms with Crippen LogP contribution in [0.25, 0.3) is 0 Å². The summed E-state index contributed by atoms with van der Waals surface area (Å²) in [6, 6.07) is 0.166.